The number of hydrogen-bond donors (Lipinski definition) is 1. The van der Waals surface area contributed by atoms with Crippen LogP contribution < -0.4 is 16.6 Å². The maximum absolute atomic E-state index is 12.7. The zero-order valence-electron chi connectivity index (χ0n) is 15.8. The molecular formula is C18H26N6O3. The monoisotopic (exact) mass is 374 g/mol. The van der Waals surface area contributed by atoms with Gasteiger partial charge in [-0.2, -0.15) is 0 Å². The van der Waals surface area contributed by atoms with Gasteiger partial charge in [-0.25, -0.2) is 9.78 Å². The zero-order chi connectivity index (χ0) is 19.1. The predicted octanol–water partition coefficient (Wildman–Crippen LogP) is -0.718. The second-order valence-electron chi connectivity index (χ2n) is 7.70. The number of carbonyl (C=O) groups is 1. The van der Waals surface area contributed by atoms with Crippen LogP contribution in [0.4, 0.5) is 0 Å². The molecule has 2 aromatic heterocycles. The molecule has 9 nitrogen and oxygen atoms in total. The van der Waals surface area contributed by atoms with Crippen molar-refractivity contribution >= 4 is 17.1 Å². The predicted molar refractivity (Wildman–Crippen MR) is 100 cm³/mol. The zero-order valence-corrected chi connectivity index (χ0v) is 15.8. The maximum atomic E-state index is 12.7. The van der Waals surface area contributed by atoms with Gasteiger partial charge in [-0.15, -0.1) is 0 Å². The van der Waals surface area contributed by atoms with Crippen molar-refractivity contribution in [3.05, 3.63) is 27.2 Å². The van der Waals surface area contributed by atoms with Crippen LogP contribution in [-0.2, 0) is 25.4 Å². The molecule has 2 fully saturated rings. The van der Waals surface area contributed by atoms with E-state index in [1.54, 1.807) is 11.6 Å². The number of nitrogens with zero attached hydrogens (tertiary/aromatic N) is 5. The summed E-state index contributed by atoms with van der Waals surface area (Å²) in [6.45, 7) is 4.13. The van der Waals surface area contributed by atoms with E-state index in [0.29, 0.717) is 36.0 Å². The molecule has 0 unspecified atom stereocenters. The average molecular weight is 374 g/mol. The molecule has 0 spiro atoms. The molecule has 2 saturated heterocycles. The summed E-state index contributed by atoms with van der Waals surface area (Å²) in [5.41, 5.74) is -0.0684. The molecule has 4 rings (SSSR count). The van der Waals surface area contributed by atoms with Gasteiger partial charge in [0.2, 0.25) is 5.91 Å². The summed E-state index contributed by atoms with van der Waals surface area (Å²) in [4.78, 5) is 43.4. The highest BCUT2D eigenvalue weighted by molar-refractivity contribution is 5.76. The van der Waals surface area contributed by atoms with Gasteiger partial charge in [0.1, 0.15) is 0 Å². The second-order valence-corrected chi connectivity index (χ2v) is 7.70. The lowest BCUT2D eigenvalue weighted by Gasteiger charge is -2.21. The van der Waals surface area contributed by atoms with Crippen LogP contribution in [0.3, 0.4) is 0 Å². The van der Waals surface area contributed by atoms with Gasteiger partial charge in [0.15, 0.2) is 11.2 Å². The number of hydrogen-bond acceptors (Lipinski definition) is 5. The van der Waals surface area contributed by atoms with E-state index in [0.717, 1.165) is 43.6 Å². The smallest absolute Gasteiger partial charge is 0.332 e. The van der Waals surface area contributed by atoms with Gasteiger partial charge in [-0.05, 0) is 37.8 Å². The van der Waals surface area contributed by atoms with Gasteiger partial charge >= 0.3 is 5.69 Å². The Kier molecular flexibility index (Phi) is 4.63. The molecule has 4 heterocycles. The highest BCUT2D eigenvalue weighted by Crippen LogP contribution is 2.27. The third-order valence-electron chi connectivity index (χ3n) is 6.16. The van der Waals surface area contributed by atoms with E-state index in [-0.39, 0.29) is 11.5 Å². The minimum atomic E-state index is -0.404. The van der Waals surface area contributed by atoms with E-state index < -0.39 is 5.69 Å². The van der Waals surface area contributed by atoms with Crippen LogP contribution >= 0.6 is 0 Å². The summed E-state index contributed by atoms with van der Waals surface area (Å²) in [5, 5.41) is 3.45. The van der Waals surface area contributed by atoms with Crippen molar-refractivity contribution in [3.63, 3.8) is 0 Å². The fourth-order valence-electron chi connectivity index (χ4n) is 4.41. The Labute approximate surface area is 156 Å². The highest BCUT2D eigenvalue weighted by Gasteiger charge is 2.31. The summed E-state index contributed by atoms with van der Waals surface area (Å²) in [6, 6.07) is 0. The lowest BCUT2D eigenvalue weighted by atomic mass is 9.92. The molecule has 27 heavy (non-hydrogen) atoms. The van der Waals surface area contributed by atoms with Gasteiger partial charge in [0.05, 0.1) is 6.33 Å². The van der Waals surface area contributed by atoms with Gasteiger partial charge in [0.25, 0.3) is 5.56 Å². The van der Waals surface area contributed by atoms with Gasteiger partial charge in [0, 0.05) is 40.2 Å². The van der Waals surface area contributed by atoms with Crippen molar-refractivity contribution in [2.24, 2.45) is 25.9 Å². The van der Waals surface area contributed by atoms with Crippen molar-refractivity contribution in [2.45, 2.75) is 25.8 Å². The van der Waals surface area contributed by atoms with E-state index >= 15 is 0 Å². The van der Waals surface area contributed by atoms with E-state index in [1.165, 1.54) is 17.9 Å². The number of amides is 1. The summed E-state index contributed by atoms with van der Waals surface area (Å²) in [7, 11) is 3.05. The van der Waals surface area contributed by atoms with Gasteiger partial charge < -0.3 is 14.8 Å². The molecule has 0 saturated carbocycles. The molecule has 146 valence electrons. The van der Waals surface area contributed by atoms with E-state index in [4.69, 9.17) is 0 Å². The molecule has 2 aliphatic rings. The minimum Gasteiger partial charge on any atom is -0.343 e. The van der Waals surface area contributed by atoms with Crippen LogP contribution in [0.15, 0.2) is 15.9 Å². The van der Waals surface area contributed by atoms with Crippen molar-refractivity contribution in [3.8, 4) is 0 Å². The number of rotatable bonds is 3. The van der Waals surface area contributed by atoms with Crippen LogP contribution in [0.2, 0.25) is 0 Å². The Morgan fingerprint density at radius 3 is 2.48 bits per heavy atom. The standard InChI is InChI=1S/C18H26N6O3/c1-21-16-15(17(26)22(2)18(21)27)24(11-20-16)8-5-14(25)23-6-3-12-9-19-10-13(12)4-7-23/h11-13,19H,3-10H2,1-2H3/t12-,13+. The minimum absolute atomic E-state index is 0.117. The average Bonchev–Trinajstić information content (AvgIpc) is 3.25. The number of aryl methyl sites for hydroxylation is 2. The molecule has 2 atom stereocenters. The van der Waals surface area contributed by atoms with Crippen LogP contribution in [0.5, 0.6) is 0 Å². The van der Waals surface area contributed by atoms with Crippen LogP contribution in [-0.4, -0.2) is 55.7 Å². The summed E-state index contributed by atoms with van der Waals surface area (Å²) >= 11 is 0. The first-order chi connectivity index (χ1) is 13.0. The quantitative estimate of drug-likeness (QED) is 0.765. The first-order valence-corrected chi connectivity index (χ1v) is 9.56. The summed E-state index contributed by atoms with van der Waals surface area (Å²) in [6.07, 6.45) is 3.97. The van der Waals surface area contributed by atoms with Crippen LogP contribution in [0.25, 0.3) is 11.2 Å². The molecule has 0 bridgehead atoms. The number of aromatic nitrogens is 4. The van der Waals surface area contributed by atoms with Crippen LogP contribution in [0, 0.1) is 11.8 Å². The Morgan fingerprint density at radius 1 is 1.15 bits per heavy atom. The Morgan fingerprint density at radius 2 is 1.81 bits per heavy atom. The van der Waals surface area contributed by atoms with Crippen molar-refractivity contribution in [1.82, 2.24) is 28.9 Å². The molecule has 1 N–H and O–H groups in total. The van der Waals surface area contributed by atoms with Crippen molar-refractivity contribution in [2.75, 3.05) is 26.2 Å². The SMILES string of the molecule is Cn1c(=O)c2c(ncn2CCC(=O)N2CC[C@@H]3CNC[C@@H]3CC2)n(C)c1=O. The largest absolute Gasteiger partial charge is 0.343 e. The molecule has 0 aliphatic carbocycles. The van der Waals surface area contributed by atoms with Gasteiger partial charge in [-0.3, -0.25) is 18.7 Å². The van der Waals surface area contributed by atoms with E-state index in [1.807, 2.05) is 4.90 Å². The third-order valence-corrected chi connectivity index (χ3v) is 6.16. The number of carbonyl (C=O) groups excluding carboxylic acids is 1. The second kappa shape index (κ2) is 6.95. The Bertz CT molecular complexity index is 973. The molecule has 2 aromatic rings. The molecular weight excluding hydrogens is 348 g/mol. The number of imidazole rings is 1. The Balaban J connectivity index is 1.48. The highest BCUT2D eigenvalue weighted by atomic mass is 16.2. The first-order valence-electron chi connectivity index (χ1n) is 9.56. The molecule has 2 aliphatic heterocycles. The van der Waals surface area contributed by atoms with Gasteiger partial charge in [-0.1, -0.05) is 0 Å². The topological polar surface area (TPSA) is 94.2 Å². The summed E-state index contributed by atoms with van der Waals surface area (Å²) in [5.74, 6) is 1.49. The number of nitrogens with one attached hydrogen (secondary N) is 1. The van der Waals surface area contributed by atoms with Crippen LogP contribution in [0.1, 0.15) is 19.3 Å². The molecule has 1 amide bonds. The molecule has 0 radical (unpaired) electrons. The molecule has 0 aromatic carbocycles. The number of fused-ring (bicyclic) bond motifs is 2. The van der Waals surface area contributed by atoms with Crippen molar-refractivity contribution < 1.29 is 4.79 Å². The third kappa shape index (κ3) is 3.09. The molecule has 9 heteroatoms. The number of likely N-dealkylation sites (tertiary alicyclic amines) is 1. The summed E-state index contributed by atoms with van der Waals surface area (Å²) < 4.78 is 4.12. The first kappa shape index (κ1) is 18.0. The lowest BCUT2D eigenvalue weighted by molar-refractivity contribution is -0.131. The normalized spacial score (nSPS) is 22.8. The fraction of sp³-hybridized carbons (Fsp3) is 0.667. The maximum Gasteiger partial charge on any atom is 0.332 e. The Hall–Kier alpha value is -2.42. The van der Waals surface area contributed by atoms with E-state index in [9.17, 15) is 14.4 Å². The lowest BCUT2D eigenvalue weighted by Crippen LogP contribution is -2.37. The fourth-order valence-corrected chi connectivity index (χ4v) is 4.41. The van der Waals surface area contributed by atoms with E-state index in [2.05, 4.69) is 10.3 Å². The van der Waals surface area contributed by atoms with Crippen molar-refractivity contribution in [1.29, 1.82) is 0 Å².